The molecular weight excluding hydrogens is 166 g/mol. The van der Waals surface area contributed by atoms with Gasteiger partial charge in [-0.15, -0.1) is 0 Å². The molecule has 3 nitrogen and oxygen atoms in total. The predicted molar refractivity (Wildman–Crippen MR) is 51.6 cm³/mol. The van der Waals surface area contributed by atoms with E-state index in [-0.39, 0.29) is 5.92 Å². The van der Waals surface area contributed by atoms with Crippen LogP contribution in [0.25, 0.3) is 0 Å². The summed E-state index contributed by atoms with van der Waals surface area (Å²) in [6.07, 6.45) is 2.08. The highest BCUT2D eigenvalue weighted by Gasteiger charge is 2.33. The number of hydrogen-bond donors (Lipinski definition) is 2. The van der Waals surface area contributed by atoms with Gasteiger partial charge in [0, 0.05) is 6.54 Å². The van der Waals surface area contributed by atoms with E-state index in [9.17, 15) is 4.79 Å². The number of nitrogens with one attached hydrogen (secondary N) is 1. The van der Waals surface area contributed by atoms with Crippen LogP contribution in [0.1, 0.15) is 26.7 Å². The first-order chi connectivity index (χ1) is 6.16. The smallest absolute Gasteiger partial charge is 0.308 e. The summed E-state index contributed by atoms with van der Waals surface area (Å²) in [5, 5.41) is 12.2. The topological polar surface area (TPSA) is 49.3 Å². The maximum atomic E-state index is 10.9. The molecule has 0 bridgehead atoms. The van der Waals surface area contributed by atoms with Crippen LogP contribution in [0.15, 0.2) is 0 Å². The quantitative estimate of drug-likeness (QED) is 0.697. The molecule has 1 aliphatic heterocycles. The summed E-state index contributed by atoms with van der Waals surface area (Å²) < 4.78 is 0. The molecule has 13 heavy (non-hydrogen) atoms. The Balaban J connectivity index is 2.61. The lowest BCUT2D eigenvalue weighted by atomic mass is 9.77. The van der Waals surface area contributed by atoms with Gasteiger partial charge in [-0.25, -0.2) is 0 Å². The van der Waals surface area contributed by atoms with Gasteiger partial charge in [-0.3, -0.25) is 4.79 Å². The second-order valence-corrected chi connectivity index (χ2v) is 3.99. The fourth-order valence-electron chi connectivity index (χ4n) is 2.13. The van der Waals surface area contributed by atoms with Crippen molar-refractivity contribution in [3.8, 4) is 0 Å². The third-order valence-corrected chi connectivity index (χ3v) is 3.23. The SMILES string of the molecule is CCC(C)C1CCNCC1C(=O)O. The van der Waals surface area contributed by atoms with E-state index in [0.29, 0.717) is 18.4 Å². The normalized spacial score (nSPS) is 31.2. The molecule has 0 saturated carbocycles. The van der Waals surface area contributed by atoms with Crippen LogP contribution in [-0.2, 0) is 4.79 Å². The van der Waals surface area contributed by atoms with Gasteiger partial charge in [0.15, 0.2) is 0 Å². The molecule has 0 amide bonds. The third kappa shape index (κ3) is 2.44. The molecule has 3 atom stereocenters. The van der Waals surface area contributed by atoms with E-state index in [4.69, 9.17) is 5.11 Å². The molecule has 1 saturated heterocycles. The first-order valence-corrected chi connectivity index (χ1v) is 5.10. The van der Waals surface area contributed by atoms with E-state index >= 15 is 0 Å². The van der Waals surface area contributed by atoms with Crippen molar-refractivity contribution in [3.05, 3.63) is 0 Å². The average Bonchev–Trinajstić information content (AvgIpc) is 2.16. The monoisotopic (exact) mass is 185 g/mol. The molecule has 1 rings (SSSR count). The third-order valence-electron chi connectivity index (χ3n) is 3.23. The van der Waals surface area contributed by atoms with E-state index < -0.39 is 5.97 Å². The first kappa shape index (κ1) is 10.5. The minimum atomic E-state index is -0.641. The van der Waals surface area contributed by atoms with Gasteiger partial charge in [-0.1, -0.05) is 20.3 Å². The molecule has 0 spiro atoms. The summed E-state index contributed by atoms with van der Waals surface area (Å²) in [7, 11) is 0. The van der Waals surface area contributed by atoms with Crippen LogP contribution in [0.3, 0.4) is 0 Å². The molecule has 0 radical (unpaired) electrons. The number of rotatable bonds is 3. The highest BCUT2D eigenvalue weighted by atomic mass is 16.4. The number of piperidine rings is 1. The maximum Gasteiger partial charge on any atom is 0.308 e. The van der Waals surface area contributed by atoms with Crippen LogP contribution in [0.4, 0.5) is 0 Å². The molecule has 1 heterocycles. The molecule has 76 valence electrons. The maximum absolute atomic E-state index is 10.9. The Hall–Kier alpha value is -0.570. The highest BCUT2D eigenvalue weighted by Crippen LogP contribution is 2.28. The van der Waals surface area contributed by atoms with Crippen molar-refractivity contribution in [2.75, 3.05) is 13.1 Å². The summed E-state index contributed by atoms with van der Waals surface area (Å²) in [5.74, 6) is 0.0770. The number of aliphatic carboxylic acids is 1. The number of carboxylic acid groups (broad SMARTS) is 1. The van der Waals surface area contributed by atoms with Gasteiger partial charge in [-0.05, 0) is 24.8 Å². The van der Waals surface area contributed by atoms with Gasteiger partial charge in [0.1, 0.15) is 0 Å². The number of hydrogen-bond acceptors (Lipinski definition) is 2. The molecular formula is C10H19NO2. The Morgan fingerprint density at radius 2 is 2.38 bits per heavy atom. The molecule has 3 unspecified atom stereocenters. The summed E-state index contributed by atoms with van der Waals surface area (Å²) in [4.78, 5) is 10.9. The second-order valence-electron chi connectivity index (χ2n) is 3.99. The molecule has 1 aliphatic rings. The summed E-state index contributed by atoms with van der Waals surface area (Å²) in [6.45, 7) is 5.90. The van der Waals surface area contributed by atoms with Crippen LogP contribution in [-0.4, -0.2) is 24.2 Å². The summed E-state index contributed by atoms with van der Waals surface area (Å²) in [5.41, 5.74) is 0. The van der Waals surface area contributed by atoms with Gasteiger partial charge in [0.25, 0.3) is 0 Å². The Morgan fingerprint density at radius 1 is 1.69 bits per heavy atom. The minimum absolute atomic E-state index is 0.177. The van der Waals surface area contributed by atoms with E-state index in [2.05, 4.69) is 19.2 Å². The fraction of sp³-hybridized carbons (Fsp3) is 0.900. The van der Waals surface area contributed by atoms with E-state index in [0.717, 1.165) is 19.4 Å². The van der Waals surface area contributed by atoms with Crippen LogP contribution in [0, 0.1) is 17.8 Å². The van der Waals surface area contributed by atoms with Crippen LogP contribution >= 0.6 is 0 Å². The summed E-state index contributed by atoms with van der Waals surface area (Å²) >= 11 is 0. The molecule has 0 aromatic rings. The van der Waals surface area contributed by atoms with Gasteiger partial charge in [-0.2, -0.15) is 0 Å². The Morgan fingerprint density at radius 3 is 2.92 bits per heavy atom. The van der Waals surface area contributed by atoms with E-state index in [1.807, 2.05) is 0 Å². The van der Waals surface area contributed by atoms with Crippen molar-refractivity contribution in [1.82, 2.24) is 5.32 Å². The first-order valence-electron chi connectivity index (χ1n) is 5.10. The lowest BCUT2D eigenvalue weighted by Crippen LogP contribution is -2.43. The standard InChI is InChI=1S/C10H19NO2/c1-3-7(2)8-4-5-11-6-9(8)10(12)13/h7-9,11H,3-6H2,1-2H3,(H,12,13). The van der Waals surface area contributed by atoms with Crippen LogP contribution < -0.4 is 5.32 Å². The zero-order chi connectivity index (χ0) is 9.84. The van der Waals surface area contributed by atoms with Crippen molar-refractivity contribution < 1.29 is 9.90 Å². The van der Waals surface area contributed by atoms with Crippen molar-refractivity contribution in [2.24, 2.45) is 17.8 Å². The molecule has 0 aliphatic carbocycles. The van der Waals surface area contributed by atoms with Gasteiger partial charge < -0.3 is 10.4 Å². The Labute approximate surface area is 79.5 Å². The van der Waals surface area contributed by atoms with Gasteiger partial charge in [0.2, 0.25) is 0 Å². The molecule has 2 N–H and O–H groups in total. The second kappa shape index (κ2) is 4.61. The zero-order valence-corrected chi connectivity index (χ0v) is 8.42. The minimum Gasteiger partial charge on any atom is -0.481 e. The molecule has 0 aromatic carbocycles. The molecule has 1 fully saturated rings. The van der Waals surface area contributed by atoms with E-state index in [1.54, 1.807) is 0 Å². The molecule has 0 aromatic heterocycles. The van der Waals surface area contributed by atoms with Gasteiger partial charge in [0.05, 0.1) is 5.92 Å². The van der Waals surface area contributed by atoms with E-state index in [1.165, 1.54) is 0 Å². The summed E-state index contributed by atoms with van der Waals surface area (Å²) in [6, 6.07) is 0. The Kier molecular flexibility index (Phi) is 3.72. The largest absolute Gasteiger partial charge is 0.481 e. The fourth-order valence-corrected chi connectivity index (χ4v) is 2.13. The van der Waals surface area contributed by atoms with Crippen molar-refractivity contribution in [3.63, 3.8) is 0 Å². The van der Waals surface area contributed by atoms with Gasteiger partial charge >= 0.3 is 5.97 Å². The van der Waals surface area contributed by atoms with Crippen molar-refractivity contribution in [1.29, 1.82) is 0 Å². The number of carboxylic acids is 1. The average molecular weight is 185 g/mol. The lowest BCUT2D eigenvalue weighted by Gasteiger charge is -2.33. The van der Waals surface area contributed by atoms with Crippen molar-refractivity contribution >= 4 is 5.97 Å². The van der Waals surface area contributed by atoms with Crippen LogP contribution in [0.2, 0.25) is 0 Å². The number of carbonyl (C=O) groups is 1. The van der Waals surface area contributed by atoms with Crippen molar-refractivity contribution in [2.45, 2.75) is 26.7 Å². The zero-order valence-electron chi connectivity index (χ0n) is 8.42. The lowest BCUT2D eigenvalue weighted by molar-refractivity contribution is -0.145. The highest BCUT2D eigenvalue weighted by molar-refractivity contribution is 5.70. The van der Waals surface area contributed by atoms with Crippen LogP contribution in [0.5, 0.6) is 0 Å². The Bertz CT molecular complexity index is 182. The molecule has 3 heteroatoms. The predicted octanol–water partition coefficient (Wildman–Crippen LogP) is 1.34.